The van der Waals surface area contributed by atoms with Gasteiger partial charge in [-0.1, -0.05) is 33.6 Å². The molecule has 0 aliphatic carbocycles. The predicted octanol–water partition coefficient (Wildman–Crippen LogP) is 1.82. The fraction of sp³-hybridized carbons (Fsp3) is 0.824. The van der Waals surface area contributed by atoms with Gasteiger partial charge in [0.15, 0.2) is 0 Å². The van der Waals surface area contributed by atoms with Crippen LogP contribution in [-0.4, -0.2) is 53.6 Å². The predicted molar refractivity (Wildman–Crippen MR) is 91.6 cm³/mol. The summed E-state index contributed by atoms with van der Waals surface area (Å²) in [5.41, 5.74) is 0. The molecule has 0 saturated carbocycles. The number of carboxylic acids is 1. The van der Waals surface area contributed by atoms with Gasteiger partial charge in [0.1, 0.15) is 6.04 Å². The van der Waals surface area contributed by atoms with Gasteiger partial charge >= 0.3 is 12.0 Å². The molecule has 0 radical (unpaired) electrons. The third kappa shape index (κ3) is 6.76. The molecule has 2 unspecified atom stereocenters. The molecule has 0 aromatic heterocycles. The maximum absolute atomic E-state index is 12.4. The molecule has 3 amide bonds. The zero-order valence-electron chi connectivity index (χ0n) is 15.0. The number of carbonyl (C=O) groups excluding carboxylic acids is 2. The number of aliphatic carboxylic acids is 1. The summed E-state index contributed by atoms with van der Waals surface area (Å²) in [6, 6.07) is -0.996. The molecular weight excluding hydrogens is 310 g/mol. The van der Waals surface area contributed by atoms with E-state index in [4.69, 9.17) is 0 Å². The number of rotatable bonds is 8. The first-order chi connectivity index (χ1) is 11.3. The Morgan fingerprint density at radius 2 is 2.00 bits per heavy atom. The minimum Gasteiger partial charge on any atom is -0.480 e. The van der Waals surface area contributed by atoms with E-state index in [1.807, 2.05) is 20.8 Å². The third-order valence-corrected chi connectivity index (χ3v) is 4.20. The first-order valence-corrected chi connectivity index (χ1v) is 8.91. The summed E-state index contributed by atoms with van der Waals surface area (Å²) in [7, 11) is 0. The largest absolute Gasteiger partial charge is 0.480 e. The average Bonchev–Trinajstić information content (AvgIpc) is 2.55. The second-order valence-electron chi connectivity index (χ2n) is 6.91. The fourth-order valence-corrected chi connectivity index (χ4v) is 2.73. The van der Waals surface area contributed by atoms with E-state index >= 15 is 0 Å². The van der Waals surface area contributed by atoms with E-state index in [1.54, 1.807) is 4.90 Å². The number of hydrogen-bond donors (Lipinski definition) is 3. The molecule has 0 aromatic carbocycles. The summed E-state index contributed by atoms with van der Waals surface area (Å²) >= 11 is 0. The van der Waals surface area contributed by atoms with Crippen LogP contribution in [0.25, 0.3) is 0 Å². The zero-order valence-corrected chi connectivity index (χ0v) is 15.0. The Morgan fingerprint density at radius 3 is 2.58 bits per heavy atom. The zero-order chi connectivity index (χ0) is 18.1. The van der Waals surface area contributed by atoms with Gasteiger partial charge in [-0.15, -0.1) is 0 Å². The number of carbonyl (C=O) groups is 3. The third-order valence-electron chi connectivity index (χ3n) is 4.20. The van der Waals surface area contributed by atoms with Crippen molar-refractivity contribution in [1.82, 2.24) is 15.5 Å². The van der Waals surface area contributed by atoms with Gasteiger partial charge in [0.25, 0.3) is 0 Å². The first-order valence-electron chi connectivity index (χ1n) is 8.91. The lowest BCUT2D eigenvalue weighted by molar-refractivity contribution is -0.143. The molecule has 1 heterocycles. The SMILES string of the molecule is CCCCC(NC(=O)C1CCCN(C(=O)NCC(C)C)C1)C(=O)O. The second kappa shape index (κ2) is 10.2. The summed E-state index contributed by atoms with van der Waals surface area (Å²) in [4.78, 5) is 37.4. The molecule has 1 aliphatic heterocycles. The number of piperidine rings is 1. The molecule has 24 heavy (non-hydrogen) atoms. The first kappa shape index (κ1) is 20.3. The van der Waals surface area contributed by atoms with E-state index < -0.39 is 12.0 Å². The van der Waals surface area contributed by atoms with Crippen LogP contribution in [0.2, 0.25) is 0 Å². The van der Waals surface area contributed by atoms with Crippen molar-refractivity contribution < 1.29 is 19.5 Å². The van der Waals surface area contributed by atoms with Crippen molar-refractivity contribution >= 4 is 17.9 Å². The fourth-order valence-electron chi connectivity index (χ4n) is 2.73. The van der Waals surface area contributed by atoms with Crippen LogP contribution >= 0.6 is 0 Å². The van der Waals surface area contributed by atoms with Crippen molar-refractivity contribution in [2.75, 3.05) is 19.6 Å². The molecule has 1 aliphatic rings. The van der Waals surface area contributed by atoms with Gasteiger partial charge < -0.3 is 20.6 Å². The molecule has 2 atom stereocenters. The summed E-state index contributed by atoms with van der Waals surface area (Å²) in [6.45, 7) is 7.60. The molecule has 0 bridgehead atoms. The van der Waals surface area contributed by atoms with E-state index in [9.17, 15) is 19.5 Å². The van der Waals surface area contributed by atoms with Gasteiger partial charge in [0.2, 0.25) is 5.91 Å². The maximum atomic E-state index is 12.4. The Bertz CT molecular complexity index is 440. The standard InChI is InChI=1S/C17H31N3O4/c1-4-5-8-14(16(22)23)19-15(21)13-7-6-9-20(11-13)17(24)18-10-12(2)3/h12-14H,4-11H2,1-3H3,(H,18,24)(H,19,21)(H,22,23). The number of urea groups is 1. The molecule has 0 spiro atoms. The van der Waals surface area contributed by atoms with Crippen molar-refractivity contribution in [3.63, 3.8) is 0 Å². The number of likely N-dealkylation sites (tertiary alicyclic amines) is 1. The number of amides is 3. The van der Waals surface area contributed by atoms with Crippen LogP contribution < -0.4 is 10.6 Å². The number of nitrogens with zero attached hydrogens (tertiary/aromatic N) is 1. The van der Waals surface area contributed by atoms with Crippen LogP contribution in [0.15, 0.2) is 0 Å². The number of hydrogen-bond acceptors (Lipinski definition) is 3. The lowest BCUT2D eigenvalue weighted by atomic mass is 9.96. The Labute approximate surface area is 144 Å². The van der Waals surface area contributed by atoms with E-state index in [1.165, 1.54) is 0 Å². The molecule has 1 rings (SSSR count). The van der Waals surface area contributed by atoms with Crippen LogP contribution in [0.5, 0.6) is 0 Å². The summed E-state index contributed by atoms with van der Waals surface area (Å²) in [6.07, 6.45) is 3.50. The highest BCUT2D eigenvalue weighted by atomic mass is 16.4. The highest BCUT2D eigenvalue weighted by Gasteiger charge is 2.30. The molecule has 3 N–H and O–H groups in total. The van der Waals surface area contributed by atoms with Crippen molar-refractivity contribution in [2.24, 2.45) is 11.8 Å². The monoisotopic (exact) mass is 341 g/mol. The number of unbranched alkanes of at least 4 members (excludes halogenated alkanes) is 1. The molecule has 138 valence electrons. The number of nitrogens with one attached hydrogen (secondary N) is 2. The van der Waals surface area contributed by atoms with E-state index in [0.717, 1.165) is 19.3 Å². The minimum atomic E-state index is -1.00. The van der Waals surface area contributed by atoms with Crippen LogP contribution in [0.4, 0.5) is 4.79 Å². The van der Waals surface area contributed by atoms with Crippen molar-refractivity contribution in [2.45, 2.75) is 58.9 Å². The summed E-state index contributed by atoms with van der Waals surface area (Å²) in [5.74, 6) is -1.24. The van der Waals surface area contributed by atoms with Crippen LogP contribution in [-0.2, 0) is 9.59 Å². The number of carboxylic acid groups (broad SMARTS) is 1. The quantitative estimate of drug-likeness (QED) is 0.627. The lowest BCUT2D eigenvalue weighted by Gasteiger charge is -2.32. The van der Waals surface area contributed by atoms with Crippen molar-refractivity contribution in [3.8, 4) is 0 Å². The molecule has 1 saturated heterocycles. The van der Waals surface area contributed by atoms with E-state index in [0.29, 0.717) is 38.4 Å². The Kier molecular flexibility index (Phi) is 8.57. The molecular formula is C17H31N3O4. The van der Waals surface area contributed by atoms with E-state index in [-0.39, 0.29) is 17.9 Å². The maximum Gasteiger partial charge on any atom is 0.326 e. The van der Waals surface area contributed by atoms with Gasteiger partial charge in [-0.2, -0.15) is 0 Å². The molecule has 0 aromatic rings. The highest BCUT2D eigenvalue weighted by Crippen LogP contribution is 2.17. The van der Waals surface area contributed by atoms with Crippen LogP contribution in [0, 0.1) is 11.8 Å². The summed E-state index contributed by atoms with van der Waals surface area (Å²) in [5, 5.41) is 14.7. The Hall–Kier alpha value is -1.79. The lowest BCUT2D eigenvalue weighted by Crippen LogP contribution is -2.51. The van der Waals surface area contributed by atoms with Gasteiger partial charge in [0.05, 0.1) is 5.92 Å². The second-order valence-corrected chi connectivity index (χ2v) is 6.91. The van der Waals surface area contributed by atoms with Crippen molar-refractivity contribution in [3.05, 3.63) is 0 Å². The van der Waals surface area contributed by atoms with E-state index in [2.05, 4.69) is 10.6 Å². The van der Waals surface area contributed by atoms with Crippen LogP contribution in [0.3, 0.4) is 0 Å². The molecule has 7 heteroatoms. The highest BCUT2D eigenvalue weighted by molar-refractivity contribution is 5.85. The Morgan fingerprint density at radius 1 is 1.29 bits per heavy atom. The van der Waals surface area contributed by atoms with Gasteiger partial charge in [-0.3, -0.25) is 4.79 Å². The summed E-state index contributed by atoms with van der Waals surface area (Å²) < 4.78 is 0. The van der Waals surface area contributed by atoms with Crippen LogP contribution in [0.1, 0.15) is 52.9 Å². The van der Waals surface area contributed by atoms with Gasteiger partial charge in [0, 0.05) is 19.6 Å². The Balaban J connectivity index is 2.54. The molecule has 1 fully saturated rings. The van der Waals surface area contributed by atoms with Crippen molar-refractivity contribution in [1.29, 1.82) is 0 Å². The molecule has 7 nitrogen and oxygen atoms in total. The topological polar surface area (TPSA) is 98.7 Å². The average molecular weight is 341 g/mol. The van der Waals surface area contributed by atoms with Gasteiger partial charge in [-0.25, -0.2) is 9.59 Å². The van der Waals surface area contributed by atoms with Gasteiger partial charge in [-0.05, 0) is 25.2 Å². The normalized spacial score (nSPS) is 19.0. The minimum absolute atomic E-state index is 0.151. The smallest absolute Gasteiger partial charge is 0.326 e.